The average Bonchev–Trinajstić information content (AvgIpc) is 3.16. The minimum absolute atomic E-state index is 0.0256. The Morgan fingerprint density at radius 1 is 1.36 bits per heavy atom. The zero-order valence-electron chi connectivity index (χ0n) is 12.6. The maximum absolute atomic E-state index is 12.2. The fourth-order valence-electron chi connectivity index (χ4n) is 1.89. The minimum Gasteiger partial charge on any atom is -0.378 e. The van der Waals surface area contributed by atoms with E-state index in [0.717, 1.165) is 0 Å². The lowest BCUT2D eigenvalue weighted by atomic mass is 10.2. The van der Waals surface area contributed by atoms with Gasteiger partial charge in [-0.1, -0.05) is 34.5 Å². The van der Waals surface area contributed by atoms with Gasteiger partial charge in [0.1, 0.15) is 0 Å². The molecule has 3 N–H and O–H groups in total. The number of anilines is 1. The number of benzene rings is 1. The van der Waals surface area contributed by atoms with Crippen LogP contribution in [0.2, 0.25) is 10.0 Å². The molecule has 1 aromatic carbocycles. The standard InChI is InChI=1S/C13H10Cl2N8O2/c1-6-10(18-22-23(6)12-11(16)20-25-21-12)13(24)19-17-5-7-2-3-8(14)9(15)4-7/h2-5H,1H3,(H2,16,20)(H,19,24)/b17-5+. The monoisotopic (exact) mass is 380 g/mol. The van der Waals surface area contributed by atoms with Gasteiger partial charge in [-0.15, -0.1) is 5.10 Å². The normalized spacial score (nSPS) is 11.2. The maximum Gasteiger partial charge on any atom is 0.293 e. The fraction of sp³-hybridized carbons (Fsp3) is 0.0769. The van der Waals surface area contributed by atoms with Gasteiger partial charge < -0.3 is 5.73 Å². The highest BCUT2D eigenvalue weighted by molar-refractivity contribution is 6.42. The molecule has 0 aliphatic rings. The third-order valence-electron chi connectivity index (χ3n) is 3.13. The molecule has 0 bridgehead atoms. The van der Waals surface area contributed by atoms with Gasteiger partial charge in [-0.2, -0.15) is 9.78 Å². The molecule has 0 aliphatic heterocycles. The Morgan fingerprint density at radius 2 is 2.16 bits per heavy atom. The van der Waals surface area contributed by atoms with Crippen LogP contribution in [0, 0.1) is 6.92 Å². The largest absolute Gasteiger partial charge is 0.378 e. The van der Waals surface area contributed by atoms with Crippen molar-refractivity contribution in [1.82, 2.24) is 30.7 Å². The second kappa shape index (κ2) is 6.87. The lowest BCUT2D eigenvalue weighted by molar-refractivity contribution is 0.0949. The number of nitrogen functional groups attached to an aromatic ring is 1. The van der Waals surface area contributed by atoms with Crippen molar-refractivity contribution < 1.29 is 9.42 Å². The number of amides is 1. The van der Waals surface area contributed by atoms with Gasteiger partial charge in [0, 0.05) is 0 Å². The number of hydrazone groups is 1. The lowest BCUT2D eigenvalue weighted by Gasteiger charge is -2.00. The summed E-state index contributed by atoms with van der Waals surface area (Å²) in [6, 6.07) is 4.94. The summed E-state index contributed by atoms with van der Waals surface area (Å²) in [5, 5.41) is 19.3. The number of carbonyl (C=O) groups is 1. The summed E-state index contributed by atoms with van der Waals surface area (Å²) in [7, 11) is 0. The van der Waals surface area contributed by atoms with E-state index in [9.17, 15) is 4.79 Å². The number of hydrogen-bond acceptors (Lipinski definition) is 8. The fourth-order valence-corrected chi connectivity index (χ4v) is 2.20. The number of halogens is 2. The number of hydrogen-bond donors (Lipinski definition) is 2. The van der Waals surface area contributed by atoms with Gasteiger partial charge >= 0.3 is 0 Å². The third kappa shape index (κ3) is 3.44. The Kier molecular flexibility index (Phi) is 4.63. The molecular formula is C13H10Cl2N8O2. The first-order valence-corrected chi connectivity index (χ1v) is 7.52. The molecule has 0 saturated carbocycles. The summed E-state index contributed by atoms with van der Waals surface area (Å²) in [6.07, 6.45) is 1.42. The van der Waals surface area contributed by atoms with E-state index in [0.29, 0.717) is 21.3 Å². The van der Waals surface area contributed by atoms with E-state index in [2.05, 4.69) is 35.8 Å². The van der Waals surface area contributed by atoms with E-state index in [1.54, 1.807) is 25.1 Å². The summed E-state index contributed by atoms with van der Waals surface area (Å²) >= 11 is 11.7. The summed E-state index contributed by atoms with van der Waals surface area (Å²) < 4.78 is 5.74. The van der Waals surface area contributed by atoms with Crippen LogP contribution >= 0.6 is 23.2 Å². The summed E-state index contributed by atoms with van der Waals surface area (Å²) in [4.78, 5) is 12.2. The van der Waals surface area contributed by atoms with Gasteiger partial charge in [-0.25, -0.2) is 10.1 Å². The highest BCUT2D eigenvalue weighted by atomic mass is 35.5. The van der Waals surface area contributed by atoms with Gasteiger partial charge in [0.05, 0.1) is 22.0 Å². The van der Waals surface area contributed by atoms with Crippen LogP contribution in [-0.4, -0.2) is 37.4 Å². The zero-order valence-corrected chi connectivity index (χ0v) is 14.2. The molecular weight excluding hydrogens is 371 g/mol. The van der Waals surface area contributed by atoms with E-state index in [1.807, 2.05) is 0 Å². The van der Waals surface area contributed by atoms with Crippen molar-refractivity contribution in [2.24, 2.45) is 5.10 Å². The summed E-state index contributed by atoms with van der Waals surface area (Å²) in [5.41, 5.74) is 9.04. The second-order valence-corrected chi connectivity index (χ2v) is 5.60. The molecule has 10 nitrogen and oxygen atoms in total. The number of nitrogens with zero attached hydrogens (tertiary/aromatic N) is 6. The van der Waals surface area contributed by atoms with Crippen molar-refractivity contribution >= 4 is 41.1 Å². The van der Waals surface area contributed by atoms with Crippen LogP contribution in [0.5, 0.6) is 0 Å². The molecule has 0 aliphatic carbocycles. The van der Waals surface area contributed by atoms with Gasteiger partial charge in [-0.3, -0.25) is 4.79 Å². The number of nitrogens with one attached hydrogen (secondary N) is 1. The number of rotatable bonds is 4. The average molecular weight is 381 g/mol. The zero-order chi connectivity index (χ0) is 18.0. The summed E-state index contributed by atoms with van der Waals surface area (Å²) in [6.45, 7) is 1.62. The van der Waals surface area contributed by atoms with Crippen LogP contribution in [0.4, 0.5) is 5.82 Å². The topological polar surface area (TPSA) is 137 Å². The molecule has 128 valence electrons. The molecule has 3 rings (SSSR count). The van der Waals surface area contributed by atoms with Crippen molar-refractivity contribution in [3.05, 3.63) is 45.2 Å². The third-order valence-corrected chi connectivity index (χ3v) is 3.87. The highest BCUT2D eigenvalue weighted by Crippen LogP contribution is 2.21. The lowest BCUT2D eigenvalue weighted by Crippen LogP contribution is -2.19. The predicted octanol–water partition coefficient (Wildman–Crippen LogP) is 1.61. The quantitative estimate of drug-likeness (QED) is 0.517. The van der Waals surface area contributed by atoms with Crippen molar-refractivity contribution in [2.75, 3.05) is 5.73 Å². The Bertz CT molecular complexity index is 965. The summed E-state index contributed by atoms with van der Waals surface area (Å²) in [5.74, 6) is -0.393. The van der Waals surface area contributed by atoms with Crippen molar-refractivity contribution in [2.45, 2.75) is 6.92 Å². The molecule has 0 fully saturated rings. The smallest absolute Gasteiger partial charge is 0.293 e. The predicted molar refractivity (Wildman–Crippen MR) is 89.9 cm³/mol. The first kappa shape index (κ1) is 16.9. The number of aromatic nitrogens is 5. The Balaban J connectivity index is 1.74. The number of nitrogens with two attached hydrogens (primary N) is 1. The first-order chi connectivity index (χ1) is 12.0. The van der Waals surface area contributed by atoms with Crippen molar-refractivity contribution in [3.8, 4) is 5.82 Å². The van der Waals surface area contributed by atoms with Gasteiger partial charge in [-0.05, 0) is 34.9 Å². The molecule has 0 spiro atoms. The molecule has 0 radical (unpaired) electrons. The maximum atomic E-state index is 12.2. The van der Waals surface area contributed by atoms with E-state index in [4.69, 9.17) is 28.9 Å². The molecule has 0 unspecified atom stereocenters. The van der Waals surface area contributed by atoms with Crippen LogP contribution in [0.15, 0.2) is 27.9 Å². The minimum atomic E-state index is -0.560. The molecule has 2 aromatic heterocycles. The highest BCUT2D eigenvalue weighted by Gasteiger charge is 2.20. The van der Waals surface area contributed by atoms with Gasteiger partial charge in [0.25, 0.3) is 5.91 Å². The molecule has 0 saturated heterocycles. The van der Waals surface area contributed by atoms with E-state index < -0.39 is 5.91 Å². The van der Waals surface area contributed by atoms with Crippen LogP contribution in [-0.2, 0) is 0 Å². The van der Waals surface area contributed by atoms with E-state index in [-0.39, 0.29) is 17.3 Å². The number of carbonyl (C=O) groups excluding carboxylic acids is 1. The Hall–Kier alpha value is -2.98. The Labute approximate surface area is 150 Å². The van der Waals surface area contributed by atoms with Crippen LogP contribution < -0.4 is 11.2 Å². The van der Waals surface area contributed by atoms with Crippen LogP contribution in [0.1, 0.15) is 21.7 Å². The molecule has 1 amide bonds. The van der Waals surface area contributed by atoms with Crippen molar-refractivity contribution in [1.29, 1.82) is 0 Å². The van der Waals surface area contributed by atoms with E-state index in [1.165, 1.54) is 10.9 Å². The Morgan fingerprint density at radius 3 is 2.84 bits per heavy atom. The van der Waals surface area contributed by atoms with E-state index >= 15 is 0 Å². The second-order valence-electron chi connectivity index (χ2n) is 4.78. The SMILES string of the molecule is Cc1c(C(=O)N/N=C/c2ccc(Cl)c(Cl)c2)nnn1-c1nonc1N. The van der Waals surface area contributed by atoms with Crippen LogP contribution in [0.3, 0.4) is 0 Å². The van der Waals surface area contributed by atoms with Gasteiger partial charge in [0.2, 0.25) is 11.6 Å². The molecule has 0 atom stereocenters. The van der Waals surface area contributed by atoms with Crippen molar-refractivity contribution in [3.63, 3.8) is 0 Å². The van der Waals surface area contributed by atoms with Crippen LogP contribution in [0.25, 0.3) is 5.82 Å². The molecule has 25 heavy (non-hydrogen) atoms. The molecule has 12 heteroatoms. The molecule has 3 aromatic rings. The first-order valence-electron chi connectivity index (χ1n) is 6.76. The molecule has 2 heterocycles. The van der Waals surface area contributed by atoms with Gasteiger partial charge in [0.15, 0.2) is 5.69 Å².